The summed E-state index contributed by atoms with van der Waals surface area (Å²) in [6, 6.07) is 3.08. The van der Waals surface area contributed by atoms with Crippen molar-refractivity contribution in [2.45, 2.75) is 13.0 Å². The molecule has 0 aliphatic heterocycles. The molecule has 2 aromatic rings. The lowest BCUT2D eigenvalue weighted by molar-refractivity contribution is 0.355. The molecule has 0 saturated heterocycles. The van der Waals surface area contributed by atoms with Gasteiger partial charge in [-0.3, -0.25) is 0 Å². The van der Waals surface area contributed by atoms with E-state index >= 15 is 0 Å². The van der Waals surface area contributed by atoms with Crippen LogP contribution >= 0.6 is 11.6 Å². The summed E-state index contributed by atoms with van der Waals surface area (Å²) in [7, 11) is 3.05. The smallest absolute Gasteiger partial charge is 0.243 e. The van der Waals surface area contributed by atoms with Crippen LogP contribution in [0, 0.1) is 0 Å². The van der Waals surface area contributed by atoms with Crippen LogP contribution in [0.25, 0.3) is 11.4 Å². The minimum atomic E-state index is -0.322. The summed E-state index contributed by atoms with van der Waals surface area (Å²) in [5.41, 5.74) is 6.33. The van der Waals surface area contributed by atoms with Gasteiger partial charge >= 0.3 is 0 Å². The lowest BCUT2D eigenvalue weighted by Gasteiger charge is -2.10. The number of halogens is 1. The Labute approximate surface area is 115 Å². The average Bonchev–Trinajstić information content (AvgIpc) is 2.87. The van der Waals surface area contributed by atoms with Crippen LogP contribution in [-0.2, 0) is 0 Å². The van der Waals surface area contributed by atoms with Gasteiger partial charge in [0.2, 0.25) is 11.7 Å². The van der Waals surface area contributed by atoms with Gasteiger partial charge in [-0.1, -0.05) is 16.8 Å². The molecule has 0 saturated carbocycles. The van der Waals surface area contributed by atoms with E-state index in [-0.39, 0.29) is 6.04 Å². The molecule has 1 atom stereocenters. The molecule has 0 aliphatic carbocycles. The number of hydrogen-bond donors (Lipinski definition) is 1. The summed E-state index contributed by atoms with van der Waals surface area (Å²) >= 11 is 6.12. The maximum absolute atomic E-state index is 6.12. The van der Waals surface area contributed by atoms with Gasteiger partial charge in [0.15, 0.2) is 11.5 Å². The first-order valence-electron chi connectivity index (χ1n) is 5.58. The number of hydrogen-bond acceptors (Lipinski definition) is 6. The van der Waals surface area contributed by atoms with Crippen molar-refractivity contribution in [1.82, 2.24) is 10.1 Å². The zero-order chi connectivity index (χ0) is 14.0. The first-order chi connectivity index (χ1) is 9.06. The summed E-state index contributed by atoms with van der Waals surface area (Å²) in [4.78, 5) is 4.19. The fraction of sp³-hybridized carbons (Fsp3) is 0.333. The Bertz CT molecular complexity index is 584. The van der Waals surface area contributed by atoms with Crippen molar-refractivity contribution < 1.29 is 14.0 Å². The molecule has 1 heterocycles. The molecule has 0 amide bonds. The van der Waals surface area contributed by atoms with E-state index in [9.17, 15) is 0 Å². The lowest BCUT2D eigenvalue weighted by Crippen LogP contribution is -2.04. The molecule has 0 aliphatic rings. The van der Waals surface area contributed by atoms with E-state index in [0.29, 0.717) is 33.8 Å². The largest absolute Gasteiger partial charge is 0.493 e. The third-order valence-corrected chi connectivity index (χ3v) is 2.80. The maximum Gasteiger partial charge on any atom is 0.243 e. The quantitative estimate of drug-likeness (QED) is 0.928. The molecule has 0 radical (unpaired) electrons. The van der Waals surface area contributed by atoms with Gasteiger partial charge in [0.1, 0.15) is 0 Å². The normalized spacial score (nSPS) is 12.3. The summed E-state index contributed by atoms with van der Waals surface area (Å²) in [5.74, 6) is 1.72. The van der Waals surface area contributed by atoms with Gasteiger partial charge in [-0.15, -0.1) is 0 Å². The number of nitrogens with zero attached hydrogens (tertiary/aromatic N) is 2. The Morgan fingerprint density at radius 1 is 1.32 bits per heavy atom. The Morgan fingerprint density at radius 3 is 2.58 bits per heavy atom. The van der Waals surface area contributed by atoms with Crippen LogP contribution < -0.4 is 15.2 Å². The molecular formula is C12H14ClN3O3. The van der Waals surface area contributed by atoms with Crippen LogP contribution in [0.5, 0.6) is 11.5 Å². The number of aromatic nitrogens is 2. The van der Waals surface area contributed by atoms with Crippen LogP contribution in [-0.4, -0.2) is 24.4 Å². The molecule has 2 rings (SSSR count). The number of ether oxygens (including phenoxy) is 2. The van der Waals surface area contributed by atoms with Crippen LogP contribution in [0.4, 0.5) is 0 Å². The molecule has 0 bridgehead atoms. The van der Waals surface area contributed by atoms with E-state index in [2.05, 4.69) is 10.1 Å². The van der Waals surface area contributed by atoms with Gasteiger partial charge in [-0.25, -0.2) is 0 Å². The Balaban J connectivity index is 2.47. The van der Waals surface area contributed by atoms with Crippen molar-refractivity contribution in [2.24, 2.45) is 5.73 Å². The fourth-order valence-electron chi connectivity index (χ4n) is 1.58. The van der Waals surface area contributed by atoms with Crippen molar-refractivity contribution in [3.05, 3.63) is 23.0 Å². The molecule has 6 nitrogen and oxygen atoms in total. The van der Waals surface area contributed by atoms with E-state index < -0.39 is 0 Å². The Hall–Kier alpha value is -1.79. The highest BCUT2D eigenvalue weighted by atomic mass is 35.5. The van der Waals surface area contributed by atoms with Crippen molar-refractivity contribution in [3.63, 3.8) is 0 Å². The van der Waals surface area contributed by atoms with E-state index in [1.807, 2.05) is 0 Å². The van der Waals surface area contributed by atoms with Gasteiger partial charge in [0.05, 0.1) is 25.3 Å². The SMILES string of the molecule is COc1cc(-c2noc(C(C)N)n2)cc(Cl)c1OC. The molecule has 102 valence electrons. The van der Waals surface area contributed by atoms with Gasteiger partial charge in [-0.05, 0) is 19.1 Å². The Kier molecular flexibility index (Phi) is 3.92. The monoisotopic (exact) mass is 283 g/mol. The maximum atomic E-state index is 6.12. The second-order valence-corrected chi connectivity index (χ2v) is 4.35. The predicted molar refractivity (Wildman–Crippen MR) is 70.5 cm³/mol. The fourth-order valence-corrected chi connectivity index (χ4v) is 1.87. The van der Waals surface area contributed by atoms with Gasteiger partial charge in [0, 0.05) is 5.56 Å². The van der Waals surface area contributed by atoms with Gasteiger partial charge < -0.3 is 19.7 Å². The lowest BCUT2D eigenvalue weighted by atomic mass is 10.2. The van der Waals surface area contributed by atoms with Gasteiger partial charge in [-0.2, -0.15) is 4.98 Å². The topological polar surface area (TPSA) is 83.4 Å². The van der Waals surface area contributed by atoms with Crippen LogP contribution in [0.1, 0.15) is 18.9 Å². The number of methoxy groups -OCH3 is 2. The highest BCUT2D eigenvalue weighted by molar-refractivity contribution is 6.32. The minimum Gasteiger partial charge on any atom is -0.493 e. The summed E-state index contributed by atoms with van der Waals surface area (Å²) in [6.07, 6.45) is 0. The molecule has 1 unspecified atom stereocenters. The molecule has 7 heteroatoms. The number of benzene rings is 1. The zero-order valence-corrected chi connectivity index (χ0v) is 11.6. The summed E-state index contributed by atoms with van der Waals surface area (Å²) in [6.45, 7) is 1.76. The van der Waals surface area contributed by atoms with E-state index in [0.717, 1.165) is 0 Å². The molecule has 0 spiro atoms. The number of rotatable bonds is 4. The first kappa shape index (κ1) is 13.6. The third-order valence-electron chi connectivity index (χ3n) is 2.52. The molecule has 2 N–H and O–H groups in total. The van der Waals surface area contributed by atoms with Gasteiger partial charge in [0.25, 0.3) is 0 Å². The highest BCUT2D eigenvalue weighted by Crippen LogP contribution is 2.38. The minimum absolute atomic E-state index is 0.322. The third kappa shape index (κ3) is 2.64. The molecule has 1 aromatic carbocycles. The average molecular weight is 284 g/mol. The predicted octanol–water partition coefficient (Wildman–Crippen LogP) is 2.43. The number of nitrogens with two attached hydrogens (primary N) is 1. The molecular weight excluding hydrogens is 270 g/mol. The van der Waals surface area contributed by atoms with Crippen molar-refractivity contribution >= 4 is 11.6 Å². The summed E-state index contributed by atoms with van der Waals surface area (Å²) < 4.78 is 15.4. The molecule has 1 aromatic heterocycles. The van der Waals surface area contributed by atoms with E-state index in [4.69, 9.17) is 31.3 Å². The standard InChI is InChI=1S/C12H14ClN3O3/c1-6(14)12-15-11(16-19-12)7-4-8(13)10(18-3)9(5-7)17-2/h4-6H,14H2,1-3H3. The summed E-state index contributed by atoms with van der Waals surface area (Å²) in [5, 5.41) is 4.27. The second-order valence-electron chi connectivity index (χ2n) is 3.94. The van der Waals surface area contributed by atoms with Crippen molar-refractivity contribution in [1.29, 1.82) is 0 Å². The second kappa shape index (κ2) is 5.46. The highest BCUT2D eigenvalue weighted by Gasteiger charge is 2.16. The van der Waals surface area contributed by atoms with E-state index in [1.54, 1.807) is 19.1 Å². The van der Waals surface area contributed by atoms with E-state index in [1.165, 1.54) is 14.2 Å². The van der Waals surface area contributed by atoms with Crippen LogP contribution in [0.3, 0.4) is 0 Å². The van der Waals surface area contributed by atoms with Crippen molar-refractivity contribution in [3.8, 4) is 22.9 Å². The van der Waals surface area contributed by atoms with Crippen molar-refractivity contribution in [2.75, 3.05) is 14.2 Å². The first-order valence-corrected chi connectivity index (χ1v) is 5.95. The molecule has 19 heavy (non-hydrogen) atoms. The Morgan fingerprint density at radius 2 is 2.05 bits per heavy atom. The van der Waals surface area contributed by atoms with Crippen LogP contribution in [0.15, 0.2) is 16.7 Å². The van der Waals surface area contributed by atoms with Crippen LogP contribution in [0.2, 0.25) is 5.02 Å². The molecule has 0 fully saturated rings. The zero-order valence-electron chi connectivity index (χ0n) is 10.8.